The molecule has 1 atom stereocenters. The molecule has 1 aliphatic heterocycles. The Morgan fingerprint density at radius 3 is 2.76 bits per heavy atom. The number of carbonyl (C=O) groups is 1. The van der Waals surface area contributed by atoms with Gasteiger partial charge in [0.05, 0.1) is 5.56 Å². The van der Waals surface area contributed by atoms with Crippen LogP contribution >= 0.6 is 28.3 Å². The first-order chi connectivity index (χ1) is 7.58. The van der Waals surface area contributed by atoms with Gasteiger partial charge in [0, 0.05) is 23.6 Å². The van der Waals surface area contributed by atoms with Gasteiger partial charge in [-0.1, -0.05) is 15.9 Å². The molecular weight excluding hydrogens is 310 g/mol. The van der Waals surface area contributed by atoms with Crippen LogP contribution in [0.5, 0.6) is 0 Å². The molecule has 0 unspecified atom stereocenters. The van der Waals surface area contributed by atoms with Crippen LogP contribution in [-0.2, 0) is 0 Å². The predicted molar refractivity (Wildman–Crippen MR) is 69.8 cm³/mol. The van der Waals surface area contributed by atoms with Gasteiger partial charge < -0.3 is 10.6 Å². The van der Waals surface area contributed by atoms with Gasteiger partial charge in [-0.25, -0.2) is 4.39 Å². The second kappa shape index (κ2) is 5.80. The van der Waals surface area contributed by atoms with Crippen LogP contribution in [-0.4, -0.2) is 29.9 Å². The molecular formula is C11H13BrClFN2O. The molecule has 1 aromatic carbocycles. The Hall–Kier alpha value is -0.650. The van der Waals surface area contributed by atoms with Crippen LogP contribution in [0.4, 0.5) is 4.39 Å². The van der Waals surface area contributed by atoms with Gasteiger partial charge in [0.2, 0.25) is 0 Å². The maximum Gasteiger partial charge on any atom is 0.256 e. The highest BCUT2D eigenvalue weighted by molar-refractivity contribution is 9.10. The van der Waals surface area contributed by atoms with E-state index in [9.17, 15) is 9.18 Å². The van der Waals surface area contributed by atoms with Gasteiger partial charge in [0.15, 0.2) is 0 Å². The summed E-state index contributed by atoms with van der Waals surface area (Å²) >= 11 is 3.15. The quantitative estimate of drug-likeness (QED) is 0.861. The SMILES string of the molecule is Cl.N[C@@H]1CCN(C(=O)c2ccc(Br)cc2F)C1. The van der Waals surface area contributed by atoms with E-state index in [0.29, 0.717) is 17.6 Å². The summed E-state index contributed by atoms with van der Waals surface area (Å²) in [6.45, 7) is 1.11. The van der Waals surface area contributed by atoms with Crippen LogP contribution in [0.2, 0.25) is 0 Å². The second-order valence-electron chi connectivity index (χ2n) is 3.92. The lowest BCUT2D eigenvalue weighted by Gasteiger charge is -2.16. The number of nitrogens with two attached hydrogens (primary N) is 1. The molecule has 3 nitrogen and oxygen atoms in total. The van der Waals surface area contributed by atoms with Crippen LogP contribution in [0.1, 0.15) is 16.8 Å². The number of rotatable bonds is 1. The molecule has 0 bridgehead atoms. The largest absolute Gasteiger partial charge is 0.337 e. The van der Waals surface area contributed by atoms with Crippen molar-refractivity contribution >= 4 is 34.2 Å². The van der Waals surface area contributed by atoms with Gasteiger partial charge in [-0.3, -0.25) is 4.79 Å². The predicted octanol–water partition coefficient (Wildman–Crippen LogP) is 2.18. The van der Waals surface area contributed by atoms with Crippen molar-refractivity contribution in [2.45, 2.75) is 12.5 Å². The summed E-state index contributed by atoms with van der Waals surface area (Å²) in [6.07, 6.45) is 0.782. The highest BCUT2D eigenvalue weighted by atomic mass is 79.9. The number of hydrogen-bond donors (Lipinski definition) is 1. The van der Waals surface area contributed by atoms with E-state index in [-0.39, 0.29) is 29.9 Å². The Balaban J connectivity index is 0.00000144. The summed E-state index contributed by atoms with van der Waals surface area (Å²) in [4.78, 5) is 13.5. The molecule has 0 spiro atoms. The smallest absolute Gasteiger partial charge is 0.256 e. The molecule has 0 aliphatic carbocycles. The van der Waals surface area contributed by atoms with E-state index in [2.05, 4.69) is 15.9 Å². The van der Waals surface area contributed by atoms with Gasteiger partial charge in [-0.15, -0.1) is 12.4 Å². The molecule has 17 heavy (non-hydrogen) atoms. The van der Waals surface area contributed by atoms with E-state index < -0.39 is 5.82 Å². The first kappa shape index (κ1) is 14.4. The lowest BCUT2D eigenvalue weighted by Crippen LogP contribution is -2.32. The summed E-state index contributed by atoms with van der Waals surface area (Å²) in [6, 6.07) is 4.46. The Kier molecular flexibility index (Phi) is 4.91. The topological polar surface area (TPSA) is 46.3 Å². The molecule has 0 radical (unpaired) electrons. The zero-order valence-corrected chi connectivity index (χ0v) is 11.4. The van der Waals surface area contributed by atoms with E-state index in [0.717, 1.165) is 6.42 Å². The van der Waals surface area contributed by atoms with Crippen molar-refractivity contribution in [1.29, 1.82) is 0 Å². The zero-order chi connectivity index (χ0) is 11.7. The van der Waals surface area contributed by atoms with Crippen molar-refractivity contribution in [3.63, 3.8) is 0 Å². The number of hydrogen-bond acceptors (Lipinski definition) is 2. The van der Waals surface area contributed by atoms with E-state index in [1.807, 2.05) is 0 Å². The first-order valence-corrected chi connectivity index (χ1v) is 5.87. The minimum atomic E-state index is -0.500. The fraction of sp³-hybridized carbons (Fsp3) is 0.364. The Morgan fingerprint density at radius 1 is 1.53 bits per heavy atom. The molecule has 1 fully saturated rings. The van der Waals surface area contributed by atoms with E-state index >= 15 is 0 Å². The minimum absolute atomic E-state index is 0. The normalized spacial score (nSPS) is 19.0. The van der Waals surface area contributed by atoms with Crippen molar-refractivity contribution in [2.75, 3.05) is 13.1 Å². The molecule has 1 aliphatic rings. The maximum atomic E-state index is 13.5. The summed E-state index contributed by atoms with van der Waals surface area (Å²) in [5, 5.41) is 0. The highest BCUT2D eigenvalue weighted by Gasteiger charge is 2.26. The average molecular weight is 324 g/mol. The standard InChI is InChI=1S/C11H12BrFN2O.ClH/c12-7-1-2-9(10(13)5-7)11(16)15-4-3-8(14)6-15;/h1-2,5,8H,3-4,6,14H2;1H/t8-;/m1./s1. The summed E-state index contributed by atoms with van der Waals surface area (Å²) < 4.78 is 14.2. The summed E-state index contributed by atoms with van der Waals surface area (Å²) in [5.74, 6) is -0.780. The van der Waals surface area contributed by atoms with Crippen molar-refractivity contribution in [3.05, 3.63) is 34.1 Å². The van der Waals surface area contributed by atoms with Gasteiger partial charge >= 0.3 is 0 Å². The molecule has 0 aromatic heterocycles. The Bertz CT molecular complexity index is 430. The van der Waals surface area contributed by atoms with Crippen LogP contribution < -0.4 is 5.73 Å². The number of likely N-dealkylation sites (tertiary alicyclic amines) is 1. The monoisotopic (exact) mass is 322 g/mol. The highest BCUT2D eigenvalue weighted by Crippen LogP contribution is 2.18. The van der Waals surface area contributed by atoms with Crippen molar-refractivity contribution in [1.82, 2.24) is 4.90 Å². The molecule has 94 valence electrons. The number of benzene rings is 1. The van der Waals surface area contributed by atoms with Crippen LogP contribution in [0.15, 0.2) is 22.7 Å². The number of halogens is 3. The zero-order valence-electron chi connectivity index (χ0n) is 9.03. The molecule has 6 heteroatoms. The maximum absolute atomic E-state index is 13.5. The molecule has 1 saturated heterocycles. The third kappa shape index (κ3) is 3.18. The van der Waals surface area contributed by atoms with E-state index in [1.165, 1.54) is 12.1 Å². The van der Waals surface area contributed by atoms with E-state index in [4.69, 9.17) is 5.73 Å². The van der Waals surface area contributed by atoms with Gasteiger partial charge in [-0.2, -0.15) is 0 Å². The van der Waals surface area contributed by atoms with Crippen LogP contribution in [0, 0.1) is 5.82 Å². The molecule has 1 amide bonds. The summed E-state index contributed by atoms with van der Waals surface area (Å²) in [5.41, 5.74) is 5.82. The van der Waals surface area contributed by atoms with Crippen molar-refractivity contribution < 1.29 is 9.18 Å². The fourth-order valence-electron chi connectivity index (χ4n) is 1.81. The second-order valence-corrected chi connectivity index (χ2v) is 4.84. The van der Waals surface area contributed by atoms with Gasteiger partial charge in [-0.05, 0) is 24.6 Å². The lowest BCUT2D eigenvalue weighted by molar-refractivity contribution is 0.0786. The number of amides is 1. The fourth-order valence-corrected chi connectivity index (χ4v) is 2.14. The van der Waals surface area contributed by atoms with E-state index in [1.54, 1.807) is 11.0 Å². The van der Waals surface area contributed by atoms with Gasteiger partial charge in [0.1, 0.15) is 5.82 Å². The lowest BCUT2D eigenvalue weighted by atomic mass is 10.2. The molecule has 1 heterocycles. The third-order valence-electron chi connectivity index (χ3n) is 2.67. The van der Waals surface area contributed by atoms with Crippen molar-refractivity contribution in [3.8, 4) is 0 Å². The average Bonchev–Trinajstić information content (AvgIpc) is 2.64. The third-order valence-corrected chi connectivity index (χ3v) is 3.17. The first-order valence-electron chi connectivity index (χ1n) is 5.08. The Morgan fingerprint density at radius 2 is 2.24 bits per heavy atom. The van der Waals surface area contributed by atoms with Gasteiger partial charge in [0.25, 0.3) is 5.91 Å². The molecule has 2 rings (SSSR count). The number of carbonyl (C=O) groups excluding carboxylic acids is 1. The van der Waals surface area contributed by atoms with Crippen LogP contribution in [0.25, 0.3) is 0 Å². The number of nitrogens with zero attached hydrogens (tertiary/aromatic N) is 1. The minimum Gasteiger partial charge on any atom is -0.337 e. The molecule has 1 aromatic rings. The molecule has 2 N–H and O–H groups in total. The molecule has 0 saturated carbocycles. The van der Waals surface area contributed by atoms with Crippen LogP contribution in [0.3, 0.4) is 0 Å². The summed E-state index contributed by atoms with van der Waals surface area (Å²) in [7, 11) is 0. The Labute approximate surface area is 114 Å². The van der Waals surface area contributed by atoms with Crippen molar-refractivity contribution in [2.24, 2.45) is 5.73 Å².